The molecule has 0 aliphatic rings. The highest BCUT2D eigenvalue weighted by molar-refractivity contribution is 5.92. The van der Waals surface area contributed by atoms with Gasteiger partial charge in [-0.15, -0.1) is 0 Å². The number of aromatic nitrogens is 2. The molecule has 0 saturated carbocycles. The lowest BCUT2D eigenvalue weighted by Gasteiger charge is -2.12. The Hall–Kier alpha value is -2.18. The molecule has 17 heavy (non-hydrogen) atoms. The van der Waals surface area contributed by atoms with Crippen molar-refractivity contribution in [3.63, 3.8) is 0 Å². The molecule has 1 aromatic carbocycles. The van der Waals surface area contributed by atoms with E-state index in [-0.39, 0.29) is 11.7 Å². The van der Waals surface area contributed by atoms with Crippen LogP contribution in [0.25, 0.3) is 11.0 Å². The Bertz CT molecular complexity index is 551. The summed E-state index contributed by atoms with van der Waals surface area (Å²) in [7, 11) is 0. The molecule has 90 valence electrons. The van der Waals surface area contributed by atoms with Crippen LogP contribution in [0.3, 0.4) is 0 Å². The van der Waals surface area contributed by atoms with Crippen LogP contribution in [0.15, 0.2) is 16.8 Å². The fourth-order valence-electron chi connectivity index (χ4n) is 1.48. The van der Waals surface area contributed by atoms with Crippen molar-refractivity contribution in [1.29, 1.82) is 0 Å². The first kappa shape index (κ1) is 11.3. The average molecular weight is 236 g/mol. The van der Waals surface area contributed by atoms with Gasteiger partial charge in [0.2, 0.25) is 0 Å². The molecule has 0 radical (unpaired) electrons. The average Bonchev–Trinajstić information content (AvgIpc) is 2.77. The second kappa shape index (κ2) is 4.36. The minimum Gasteiger partial charge on any atom is -0.375 e. The molecule has 0 fully saturated rings. The van der Waals surface area contributed by atoms with E-state index in [0.29, 0.717) is 16.7 Å². The van der Waals surface area contributed by atoms with Gasteiger partial charge in [-0.2, -0.15) is 0 Å². The van der Waals surface area contributed by atoms with Crippen LogP contribution in [0.4, 0.5) is 11.4 Å². The first-order chi connectivity index (χ1) is 8.13. The third kappa shape index (κ3) is 2.03. The molecule has 0 bridgehead atoms. The number of nitrogens with zero attached hydrogens (tertiary/aromatic N) is 3. The molecule has 0 aliphatic heterocycles. The molecule has 1 aromatic heterocycles. The summed E-state index contributed by atoms with van der Waals surface area (Å²) in [5, 5.41) is 21.4. The van der Waals surface area contributed by atoms with Crippen LogP contribution in [-0.2, 0) is 0 Å². The van der Waals surface area contributed by atoms with Crippen LogP contribution in [0.5, 0.6) is 0 Å². The Morgan fingerprint density at radius 1 is 1.53 bits per heavy atom. The fourth-order valence-corrected chi connectivity index (χ4v) is 1.48. The van der Waals surface area contributed by atoms with E-state index in [2.05, 4.69) is 20.3 Å². The van der Waals surface area contributed by atoms with Crippen LogP contribution < -0.4 is 5.32 Å². The predicted octanol–water partition coefficient (Wildman–Crippen LogP) is 2.34. The van der Waals surface area contributed by atoms with Crippen molar-refractivity contribution >= 4 is 22.4 Å². The predicted molar refractivity (Wildman–Crippen MR) is 61.8 cm³/mol. The quantitative estimate of drug-likeness (QED) is 0.646. The zero-order valence-electron chi connectivity index (χ0n) is 9.51. The monoisotopic (exact) mass is 236 g/mol. The lowest BCUT2D eigenvalue weighted by molar-refractivity contribution is -0.383. The molecular formula is C10H12N4O3. The molecule has 1 N–H and O–H groups in total. The van der Waals surface area contributed by atoms with E-state index in [4.69, 9.17) is 0 Å². The van der Waals surface area contributed by atoms with E-state index in [9.17, 15) is 10.1 Å². The van der Waals surface area contributed by atoms with E-state index < -0.39 is 4.92 Å². The molecule has 0 spiro atoms. The zero-order chi connectivity index (χ0) is 12.4. The second-order valence-electron chi connectivity index (χ2n) is 3.80. The maximum atomic E-state index is 10.9. The molecule has 0 amide bonds. The largest absolute Gasteiger partial charge is 0.375 e. The van der Waals surface area contributed by atoms with Gasteiger partial charge < -0.3 is 5.32 Å². The SMILES string of the molecule is CC[C@H](C)Nc1c([N+](=O)[O-])ccc2nonc12. The number of anilines is 1. The third-order valence-corrected chi connectivity index (χ3v) is 2.61. The summed E-state index contributed by atoms with van der Waals surface area (Å²) in [6.45, 7) is 3.93. The summed E-state index contributed by atoms with van der Waals surface area (Å²) in [4.78, 5) is 10.5. The maximum Gasteiger partial charge on any atom is 0.294 e. The van der Waals surface area contributed by atoms with Crippen molar-refractivity contribution in [2.75, 3.05) is 5.32 Å². The Morgan fingerprint density at radius 3 is 2.94 bits per heavy atom. The normalized spacial score (nSPS) is 12.6. The van der Waals surface area contributed by atoms with Gasteiger partial charge in [-0.1, -0.05) is 6.92 Å². The van der Waals surface area contributed by atoms with Gasteiger partial charge in [0.1, 0.15) is 11.2 Å². The van der Waals surface area contributed by atoms with Crippen LogP contribution in [0.1, 0.15) is 20.3 Å². The number of fused-ring (bicyclic) bond motifs is 1. The molecule has 1 atom stereocenters. The minimum absolute atomic E-state index is 0.0199. The molecule has 7 heteroatoms. The van der Waals surface area contributed by atoms with Gasteiger partial charge in [-0.3, -0.25) is 10.1 Å². The van der Waals surface area contributed by atoms with E-state index in [1.165, 1.54) is 12.1 Å². The number of nitrogens with one attached hydrogen (secondary N) is 1. The first-order valence-corrected chi connectivity index (χ1v) is 5.29. The second-order valence-corrected chi connectivity index (χ2v) is 3.80. The summed E-state index contributed by atoms with van der Waals surface area (Å²) in [6, 6.07) is 3.03. The molecule has 0 saturated heterocycles. The lowest BCUT2D eigenvalue weighted by atomic mass is 10.2. The summed E-state index contributed by atoms with van der Waals surface area (Å²) >= 11 is 0. The zero-order valence-corrected chi connectivity index (χ0v) is 9.51. The molecule has 0 aliphatic carbocycles. The molecule has 1 heterocycles. The summed E-state index contributed by atoms with van der Waals surface area (Å²) in [6.07, 6.45) is 0.846. The van der Waals surface area contributed by atoms with Gasteiger partial charge in [0, 0.05) is 12.1 Å². The Balaban J connectivity index is 2.57. The Morgan fingerprint density at radius 2 is 2.29 bits per heavy atom. The summed E-state index contributed by atoms with van der Waals surface area (Å²) in [5.74, 6) is 0. The highest BCUT2D eigenvalue weighted by Gasteiger charge is 2.21. The Labute approximate surface area is 96.9 Å². The van der Waals surface area contributed by atoms with Crippen molar-refractivity contribution < 1.29 is 9.55 Å². The lowest BCUT2D eigenvalue weighted by Crippen LogP contribution is -2.14. The van der Waals surface area contributed by atoms with E-state index in [0.717, 1.165) is 6.42 Å². The van der Waals surface area contributed by atoms with Gasteiger partial charge in [0.05, 0.1) is 4.92 Å². The third-order valence-electron chi connectivity index (χ3n) is 2.61. The van der Waals surface area contributed by atoms with Gasteiger partial charge in [-0.05, 0) is 29.7 Å². The van der Waals surface area contributed by atoms with E-state index >= 15 is 0 Å². The number of benzene rings is 1. The topological polar surface area (TPSA) is 94.1 Å². The number of rotatable bonds is 4. The molecule has 7 nitrogen and oxygen atoms in total. The van der Waals surface area contributed by atoms with Gasteiger partial charge in [0.25, 0.3) is 5.69 Å². The summed E-state index contributed by atoms with van der Waals surface area (Å²) < 4.78 is 4.59. The minimum atomic E-state index is -0.446. The Kier molecular flexibility index (Phi) is 2.90. The molecule has 2 aromatic rings. The highest BCUT2D eigenvalue weighted by atomic mass is 16.6. The van der Waals surface area contributed by atoms with Crippen LogP contribution in [-0.4, -0.2) is 21.3 Å². The van der Waals surface area contributed by atoms with Crippen molar-refractivity contribution in [3.8, 4) is 0 Å². The van der Waals surface area contributed by atoms with Crippen molar-refractivity contribution in [2.45, 2.75) is 26.3 Å². The van der Waals surface area contributed by atoms with Gasteiger partial charge in [0.15, 0.2) is 5.52 Å². The van der Waals surface area contributed by atoms with Gasteiger partial charge in [-0.25, -0.2) is 4.63 Å². The molecule has 2 rings (SSSR count). The van der Waals surface area contributed by atoms with Crippen molar-refractivity contribution in [2.24, 2.45) is 0 Å². The first-order valence-electron chi connectivity index (χ1n) is 5.29. The number of nitro groups is 1. The fraction of sp³-hybridized carbons (Fsp3) is 0.400. The van der Waals surface area contributed by atoms with Crippen molar-refractivity contribution in [1.82, 2.24) is 10.3 Å². The van der Waals surface area contributed by atoms with Crippen LogP contribution in [0.2, 0.25) is 0 Å². The highest BCUT2D eigenvalue weighted by Crippen LogP contribution is 2.31. The number of nitro benzene ring substituents is 1. The number of hydrogen-bond acceptors (Lipinski definition) is 6. The van der Waals surface area contributed by atoms with Crippen molar-refractivity contribution in [3.05, 3.63) is 22.2 Å². The van der Waals surface area contributed by atoms with Crippen LogP contribution in [0, 0.1) is 10.1 Å². The molecule has 0 unspecified atom stereocenters. The molecular weight excluding hydrogens is 224 g/mol. The summed E-state index contributed by atoms with van der Waals surface area (Å²) in [5.41, 5.74) is 1.23. The number of hydrogen-bond donors (Lipinski definition) is 1. The van der Waals surface area contributed by atoms with Crippen LogP contribution >= 0.6 is 0 Å². The standard InChI is InChI=1S/C10H12N4O3/c1-3-6(2)11-10-8(14(15)16)5-4-7-9(10)13-17-12-7/h4-6,11H,3H2,1-2H3/t6-/m0/s1. The van der Waals surface area contributed by atoms with E-state index in [1.807, 2.05) is 13.8 Å². The van der Waals surface area contributed by atoms with Gasteiger partial charge >= 0.3 is 0 Å². The van der Waals surface area contributed by atoms with E-state index in [1.54, 1.807) is 0 Å². The smallest absolute Gasteiger partial charge is 0.294 e. The maximum absolute atomic E-state index is 10.9.